The average Bonchev–Trinajstić information content (AvgIpc) is 3.55. The minimum atomic E-state index is -0.330. The van der Waals surface area contributed by atoms with Gasteiger partial charge in [-0.3, -0.25) is 13.9 Å². The fraction of sp³-hybridized carbons (Fsp3) is 0.269. The van der Waals surface area contributed by atoms with Crippen LogP contribution in [0.1, 0.15) is 31.4 Å². The molecule has 34 heavy (non-hydrogen) atoms. The highest BCUT2D eigenvalue weighted by Gasteiger charge is 2.29. The Bertz CT molecular complexity index is 1520. The molecular formula is C26H27N5O2S. The summed E-state index contributed by atoms with van der Waals surface area (Å²) in [6, 6.07) is 10.2. The molecule has 0 fully saturated rings. The number of methoxy groups -OCH3 is 1. The first-order chi connectivity index (χ1) is 16.2. The first-order valence-corrected chi connectivity index (χ1v) is 11.9. The summed E-state index contributed by atoms with van der Waals surface area (Å²) in [7, 11) is 5.39. The van der Waals surface area contributed by atoms with Gasteiger partial charge >= 0.3 is 0 Å². The molecule has 7 nitrogen and oxygen atoms in total. The average molecular weight is 474 g/mol. The molecular weight excluding hydrogens is 446 g/mol. The summed E-state index contributed by atoms with van der Waals surface area (Å²) in [5, 5.41) is 8.37. The van der Waals surface area contributed by atoms with Crippen molar-refractivity contribution in [2.24, 2.45) is 7.05 Å². The molecule has 4 aromatic heterocycles. The molecule has 5 rings (SSSR count). The van der Waals surface area contributed by atoms with Crippen LogP contribution in [0, 0.1) is 0 Å². The Morgan fingerprint density at radius 1 is 1.21 bits per heavy atom. The highest BCUT2D eigenvalue weighted by atomic mass is 32.1. The number of aryl methyl sites for hydroxylation is 1. The van der Waals surface area contributed by atoms with Crippen molar-refractivity contribution in [1.82, 2.24) is 24.1 Å². The molecule has 1 aromatic carbocycles. The van der Waals surface area contributed by atoms with E-state index >= 15 is 0 Å². The van der Waals surface area contributed by atoms with Crippen LogP contribution in [-0.4, -0.2) is 49.7 Å². The lowest BCUT2D eigenvalue weighted by Gasteiger charge is -2.31. The summed E-state index contributed by atoms with van der Waals surface area (Å²) >= 11 is 1.61. The number of pyridine rings is 1. The molecule has 0 aliphatic carbocycles. The number of thiophene rings is 1. The number of amides is 1. The maximum atomic E-state index is 13.5. The van der Waals surface area contributed by atoms with Crippen LogP contribution in [0.4, 0.5) is 0 Å². The van der Waals surface area contributed by atoms with Gasteiger partial charge in [0.05, 0.1) is 23.7 Å². The van der Waals surface area contributed by atoms with E-state index in [1.165, 1.54) is 0 Å². The third-order valence-electron chi connectivity index (χ3n) is 6.21. The Balaban J connectivity index is 1.84. The third-order valence-corrected chi connectivity index (χ3v) is 7.09. The number of carbonyl (C=O) groups excluding carboxylic acids is 1. The van der Waals surface area contributed by atoms with E-state index in [0.717, 1.165) is 43.7 Å². The number of nitrogens with zero attached hydrogens (tertiary/aromatic N) is 5. The summed E-state index contributed by atoms with van der Waals surface area (Å²) in [6.07, 6.45) is 5.72. The summed E-state index contributed by atoms with van der Waals surface area (Å²) in [5.74, 6) is 1.05. The van der Waals surface area contributed by atoms with Crippen molar-refractivity contribution < 1.29 is 9.53 Å². The van der Waals surface area contributed by atoms with Crippen LogP contribution in [0.15, 0.2) is 54.3 Å². The minimum absolute atomic E-state index is 0.120. The SMILES string of the molecule is COc1cc2ccn3c(C(=O)N(C)C(C)(C)C)nc(-c4cccs4)c3c2cc1-c1cnn(C)c1. The van der Waals surface area contributed by atoms with Crippen LogP contribution in [0.2, 0.25) is 0 Å². The number of benzene rings is 1. The lowest BCUT2D eigenvalue weighted by atomic mass is 10.0. The molecule has 8 heteroatoms. The second kappa shape index (κ2) is 7.99. The second-order valence-electron chi connectivity index (χ2n) is 9.37. The normalized spacial score (nSPS) is 11.9. The van der Waals surface area contributed by atoms with Crippen LogP contribution < -0.4 is 4.74 Å². The van der Waals surface area contributed by atoms with Gasteiger partial charge in [0.1, 0.15) is 11.4 Å². The molecule has 0 atom stereocenters. The van der Waals surface area contributed by atoms with Crippen LogP contribution >= 0.6 is 11.3 Å². The smallest absolute Gasteiger partial charge is 0.290 e. The largest absolute Gasteiger partial charge is 0.496 e. The lowest BCUT2D eigenvalue weighted by molar-refractivity contribution is 0.0642. The fourth-order valence-electron chi connectivity index (χ4n) is 4.07. The van der Waals surface area contributed by atoms with Gasteiger partial charge in [0.2, 0.25) is 5.82 Å². The Labute approximate surface area is 202 Å². The standard InChI is InChI=1S/C26H27N5O2S/c1-26(2,3)30(5)25(32)24-28-22(21-8-7-11-34-21)23-19-13-18(17-14-27-29(4)15-17)20(33-6)12-16(19)9-10-31(23)24/h7-15H,1-6H3. The number of aromatic nitrogens is 4. The maximum Gasteiger partial charge on any atom is 0.290 e. The maximum absolute atomic E-state index is 13.5. The Morgan fingerprint density at radius 2 is 2.00 bits per heavy atom. The molecule has 0 aliphatic heterocycles. The van der Waals surface area contributed by atoms with Crippen molar-refractivity contribution in [1.29, 1.82) is 0 Å². The lowest BCUT2D eigenvalue weighted by Crippen LogP contribution is -2.43. The van der Waals surface area contributed by atoms with Gasteiger partial charge < -0.3 is 9.64 Å². The molecule has 0 spiro atoms. The molecule has 1 amide bonds. The van der Waals surface area contributed by atoms with E-state index in [2.05, 4.69) is 11.2 Å². The fourth-order valence-corrected chi connectivity index (χ4v) is 4.79. The topological polar surface area (TPSA) is 64.7 Å². The van der Waals surface area contributed by atoms with E-state index in [4.69, 9.17) is 9.72 Å². The molecule has 0 radical (unpaired) electrons. The predicted octanol–water partition coefficient (Wildman–Crippen LogP) is 5.50. The van der Waals surface area contributed by atoms with Crippen molar-refractivity contribution in [3.8, 4) is 27.4 Å². The van der Waals surface area contributed by atoms with E-state index in [1.807, 2.05) is 87.5 Å². The van der Waals surface area contributed by atoms with E-state index in [-0.39, 0.29) is 11.4 Å². The molecule has 5 aromatic rings. The van der Waals surface area contributed by atoms with Crippen molar-refractivity contribution >= 4 is 33.5 Å². The summed E-state index contributed by atoms with van der Waals surface area (Å²) in [5.41, 5.74) is 3.27. The van der Waals surface area contributed by atoms with Crippen LogP contribution in [0.3, 0.4) is 0 Å². The van der Waals surface area contributed by atoms with Gasteiger partial charge in [-0.2, -0.15) is 5.10 Å². The predicted molar refractivity (Wildman–Crippen MR) is 137 cm³/mol. The number of imidazole rings is 1. The third kappa shape index (κ3) is 3.54. The minimum Gasteiger partial charge on any atom is -0.496 e. The second-order valence-corrected chi connectivity index (χ2v) is 10.3. The summed E-state index contributed by atoms with van der Waals surface area (Å²) < 4.78 is 9.42. The van der Waals surface area contributed by atoms with Crippen molar-refractivity contribution in [3.63, 3.8) is 0 Å². The van der Waals surface area contributed by atoms with Gasteiger partial charge in [-0.1, -0.05) is 6.07 Å². The number of rotatable bonds is 4. The number of hydrogen-bond acceptors (Lipinski definition) is 5. The molecule has 0 unspecified atom stereocenters. The first-order valence-electron chi connectivity index (χ1n) is 11.0. The summed E-state index contributed by atoms with van der Waals surface area (Å²) in [6.45, 7) is 6.05. The van der Waals surface area contributed by atoms with Gasteiger partial charge in [-0.25, -0.2) is 4.98 Å². The monoisotopic (exact) mass is 473 g/mol. The zero-order valence-corrected chi connectivity index (χ0v) is 21.0. The Morgan fingerprint density at radius 3 is 2.62 bits per heavy atom. The van der Waals surface area contributed by atoms with Crippen molar-refractivity contribution in [3.05, 3.63) is 60.1 Å². The Hall–Kier alpha value is -3.65. The first kappa shape index (κ1) is 22.2. The molecule has 4 heterocycles. The van der Waals surface area contributed by atoms with Crippen LogP contribution in [0.25, 0.3) is 38.0 Å². The molecule has 0 aliphatic rings. The molecule has 0 bridgehead atoms. The molecule has 0 saturated carbocycles. The highest BCUT2D eigenvalue weighted by molar-refractivity contribution is 7.13. The molecule has 0 saturated heterocycles. The van der Waals surface area contributed by atoms with E-state index in [1.54, 1.807) is 28.0 Å². The van der Waals surface area contributed by atoms with E-state index < -0.39 is 0 Å². The van der Waals surface area contributed by atoms with Gasteiger partial charge in [0.25, 0.3) is 5.91 Å². The van der Waals surface area contributed by atoms with Crippen LogP contribution in [-0.2, 0) is 7.05 Å². The van der Waals surface area contributed by atoms with Crippen LogP contribution in [0.5, 0.6) is 5.75 Å². The quantitative estimate of drug-likeness (QED) is 0.346. The number of ether oxygens (including phenoxy) is 1. The van der Waals surface area contributed by atoms with Crippen molar-refractivity contribution in [2.45, 2.75) is 26.3 Å². The van der Waals surface area contributed by atoms with Gasteiger partial charge in [-0.15, -0.1) is 11.3 Å². The number of hydrogen-bond donors (Lipinski definition) is 0. The van der Waals surface area contributed by atoms with Gasteiger partial charge in [0, 0.05) is 48.5 Å². The summed E-state index contributed by atoms with van der Waals surface area (Å²) in [4.78, 5) is 21.2. The van der Waals surface area contributed by atoms with Gasteiger partial charge in [-0.05, 0) is 55.8 Å². The molecule has 0 N–H and O–H groups in total. The van der Waals surface area contributed by atoms with Crippen molar-refractivity contribution in [2.75, 3.05) is 14.2 Å². The van der Waals surface area contributed by atoms with E-state index in [0.29, 0.717) is 5.82 Å². The molecule has 174 valence electrons. The van der Waals surface area contributed by atoms with Gasteiger partial charge in [0.15, 0.2) is 0 Å². The van der Waals surface area contributed by atoms with E-state index in [9.17, 15) is 4.79 Å². The number of carbonyl (C=O) groups is 1. The number of fused-ring (bicyclic) bond motifs is 3. The zero-order valence-electron chi connectivity index (χ0n) is 20.2. The Kier molecular flexibility index (Phi) is 5.20. The zero-order chi connectivity index (χ0) is 24.2. The highest BCUT2D eigenvalue weighted by Crippen LogP contribution is 2.39.